The lowest BCUT2D eigenvalue weighted by Gasteiger charge is -2.29. The second-order valence-electron chi connectivity index (χ2n) is 7.18. The molecule has 0 aromatic carbocycles. The van der Waals surface area contributed by atoms with E-state index in [9.17, 15) is 10.1 Å². The second-order valence-corrected chi connectivity index (χ2v) is 8.90. The molecule has 0 bridgehead atoms. The number of hydrogen-bond acceptors (Lipinski definition) is 5. The number of aromatic nitrogens is 3. The molecule has 0 saturated heterocycles. The van der Waals surface area contributed by atoms with E-state index in [1.165, 1.54) is 17.8 Å². The largest absolute Gasteiger partial charge is 0.343 e. The van der Waals surface area contributed by atoms with Gasteiger partial charge in [0.05, 0.1) is 27.5 Å². The number of rotatable bonds is 5. The Morgan fingerprint density at radius 1 is 1.38 bits per heavy atom. The molecule has 2 aliphatic rings. The third-order valence-electron chi connectivity index (χ3n) is 5.40. The van der Waals surface area contributed by atoms with Gasteiger partial charge in [-0.05, 0) is 43.7 Å². The van der Waals surface area contributed by atoms with Crippen molar-refractivity contribution in [3.8, 4) is 6.07 Å². The number of thiophene rings is 1. The Morgan fingerprint density at radius 3 is 2.77 bits per heavy atom. The van der Waals surface area contributed by atoms with Crippen LogP contribution in [0.15, 0.2) is 18.3 Å². The predicted octanol–water partition coefficient (Wildman–Crippen LogP) is 4.06. The molecule has 2 saturated carbocycles. The first-order chi connectivity index (χ1) is 12.6. The zero-order valence-electron chi connectivity index (χ0n) is 14.3. The first-order valence-electron chi connectivity index (χ1n) is 9.01. The molecule has 0 aliphatic heterocycles. The fraction of sp³-hybridized carbons (Fsp3) is 0.556. The Hall–Kier alpha value is -1.91. The molecule has 2 aromatic heterocycles. The fourth-order valence-electron chi connectivity index (χ4n) is 3.69. The standard InChI is InChI=1S/C18H20ClN5OS/c19-15-7-6-14(26-15)17(25)21-16(12-4-2-1-3-5-12)13-10-24(23-22-13)18(11-20)8-9-18/h6-7,10,12,16H,1-5,8-9H2,(H,21,25)/t16-/m1/s1. The summed E-state index contributed by atoms with van der Waals surface area (Å²) < 4.78 is 2.27. The van der Waals surface area contributed by atoms with Gasteiger partial charge in [-0.25, -0.2) is 4.68 Å². The van der Waals surface area contributed by atoms with Gasteiger partial charge in [-0.2, -0.15) is 5.26 Å². The molecule has 4 rings (SSSR count). The number of carbonyl (C=O) groups excluding carboxylic acids is 1. The molecule has 0 unspecified atom stereocenters. The number of amides is 1. The van der Waals surface area contributed by atoms with Crippen LogP contribution in [-0.4, -0.2) is 20.9 Å². The lowest BCUT2D eigenvalue weighted by Crippen LogP contribution is -2.34. The van der Waals surface area contributed by atoms with E-state index in [2.05, 4.69) is 21.7 Å². The monoisotopic (exact) mass is 389 g/mol. The third-order valence-corrected chi connectivity index (χ3v) is 6.63. The van der Waals surface area contributed by atoms with Gasteiger partial charge in [0.1, 0.15) is 5.69 Å². The molecule has 6 nitrogen and oxygen atoms in total. The first-order valence-corrected chi connectivity index (χ1v) is 10.2. The highest BCUT2D eigenvalue weighted by molar-refractivity contribution is 7.18. The van der Waals surface area contributed by atoms with E-state index in [4.69, 9.17) is 11.6 Å². The maximum atomic E-state index is 12.7. The minimum Gasteiger partial charge on any atom is -0.343 e. The van der Waals surface area contributed by atoms with Crippen molar-refractivity contribution in [1.82, 2.24) is 20.3 Å². The Labute approximate surface area is 161 Å². The maximum Gasteiger partial charge on any atom is 0.261 e. The normalized spacial score (nSPS) is 20.3. The molecule has 2 fully saturated rings. The number of nitriles is 1. The Morgan fingerprint density at radius 2 is 2.15 bits per heavy atom. The van der Waals surface area contributed by atoms with E-state index >= 15 is 0 Å². The van der Waals surface area contributed by atoms with Crippen molar-refractivity contribution in [1.29, 1.82) is 5.26 Å². The highest BCUT2D eigenvalue weighted by Crippen LogP contribution is 2.43. The number of carbonyl (C=O) groups is 1. The van der Waals surface area contributed by atoms with Crippen LogP contribution in [0.2, 0.25) is 4.34 Å². The Bertz CT molecular complexity index is 844. The molecular formula is C18H20ClN5OS. The van der Waals surface area contributed by atoms with Gasteiger partial charge >= 0.3 is 0 Å². The number of nitrogens with one attached hydrogen (secondary N) is 1. The molecule has 136 valence electrons. The molecule has 1 N–H and O–H groups in total. The summed E-state index contributed by atoms with van der Waals surface area (Å²) >= 11 is 7.24. The highest BCUT2D eigenvalue weighted by atomic mass is 35.5. The minimum atomic E-state index is -0.534. The summed E-state index contributed by atoms with van der Waals surface area (Å²) in [6.45, 7) is 0. The van der Waals surface area contributed by atoms with Gasteiger partial charge in [-0.3, -0.25) is 4.79 Å². The van der Waals surface area contributed by atoms with Crippen LogP contribution in [0, 0.1) is 17.2 Å². The Kier molecular flexibility index (Phi) is 4.72. The van der Waals surface area contributed by atoms with Gasteiger partial charge in [-0.15, -0.1) is 16.4 Å². The molecule has 8 heteroatoms. The zero-order chi connectivity index (χ0) is 18.1. The minimum absolute atomic E-state index is 0.131. The van der Waals surface area contributed by atoms with Gasteiger partial charge in [0.25, 0.3) is 5.91 Å². The summed E-state index contributed by atoms with van der Waals surface area (Å²) in [7, 11) is 0. The summed E-state index contributed by atoms with van der Waals surface area (Å²) in [6.07, 6.45) is 9.15. The van der Waals surface area contributed by atoms with Crippen molar-refractivity contribution < 1.29 is 4.79 Å². The summed E-state index contributed by atoms with van der Waals surface area (Å²) in [4.78, 5) is 13.3. The van der Waals surface area contributed by atoms with Gasteiger partial charge in [0.15, 0.2) is 5.54 Å². The number of hydrogen-bond donors (Lipinski definition) is 1. The average Bonchev–Trinajstić information content (AvgIpc) is 3.09. The molecule has 2 aromatic rings. The molecule has 26 heavy (non-hydrogen) atoms. The van der Waals surface area contributed by atoms with E-state index in [0.29, 0.717) is 15.1 Å². The van der Waals surface area contributed by atoms with Crippen LogP contribution in [0.5, 0.6) is 0 Å². The fourth-order valence-corrected chi connectivity index (χ4v) is 4.63. The Balaban J connectivity index is 1.58. The van der Waals surface area contributed by atoms with Crippen molar-refractivity contribution in [2.45, 2.75) is 56.5 Å². The van der Waals surface area contributed by atoms with E-state index in [1.54, 1.807) is 16.8 Å². The van der Waals surface area contributed by atoms with E-state index < -0.39 is 5.54 Å². The van der Waals surface area contributed by atoms with Gasteiger partial charge in [0.2, 0.25) is 0 Å². The van der Waals surface area contributed by atoms with Crippen LogP contribution in [0.4, 0.5) is 0 Å². The molecular weight excluding hydrogens is 370 g/mol. The van der Waals surface area contributed by atoms with Crippen LogP contribution in [0.3, 0.4) is 0 Å². The van der Waals surface area contributed by atoms with E-state index in [1.807, 2.05) is 6.20 Å². The van der Waals surface area contributed by atoms with Crippen LogP contribution in [-0.2, 0) is 5.54 Å². The summed E-state index contributed by atoms with van der Waals surface area (Å²) in [6, 6.07) is 5.62. The SMILES string of the molecule is N#CC1(n2cc([C@H](NC(=O)c3ccc(Cl)s3)C3CCCCC3)nn2)CC1. The first kappa shape index (κ1) is 17.5. The molecule has 0 radical (unpaired) electrons. The lowest BCUT2D eigenvalue weighted by atomic mass is 9.82. The van der Waals surface area contributed by atoms with Gasteiger partial charge in [-0.1, -0.05) is 36.1 Å². The van der Waals surface area contributed by atoms with Crippen LogP contribution in [0.25, 0.3) is 0 Å². The maximum absolute atomic E-state index is 12.7. The van der Waals surface area contributed by atoms with Gasteiger partial charge in [0, 0.05) is 0 Å². The van der Waals surface area contributed by atoms with Crippen molar-refractivity contribution in [3.63, 3.8) is 0 Å². The molecule has 1 atom stereocenters. The van der Waals surface area contributed by atoms with Crippen molar-refractivity contribution >= 4 is 28.8 Å². The second kappa shape index (κ2) is 7.01. The van der Waals surface area contributed by atoms with Crippen molar-refractivity contribution in [3.05, 3.63) is 33.2 Å². The van der Waals surface area contributed by atoms with Crippen molar-refractivity contribution in [2.75, 3.05) is 0 Å². The molecule has 2 heterocycles. The predicted molar refractivity (Wildman–Crippen MR) is 99.0 cm³/mol. The van der Waals surface area contributed by atoms with Crippen LogP contribution < -0.4 is 5.32 Å². The van der Waals surface area contributed by atoms with Crippen LogP contribution >= 0.6 is 22.9 Å². The number of halogens is 1. The molecule has 1 amide bonds. The summed E-state index contributed by atoms with van der Waals surface area (Å²) in [5, 5.41) is 21.1. The topological polar surface area (TPSA) is 83.6 Å². The van der Waals surface area contributed by atoms with E-state index in [-0.39, 0.29) is 11.9 Å². The highest BCUT2D eigenvalue weighted by Gasteiger charge is 2.47. The molecule has 2 aliphatic carbocycles. The zero-order valence-corrected chi connectivity index (χ0v) is 15.9. The van der Waals surface area contributed by atoms with Crippen molar-refractivity contribution in [2.24, 2.45) is 5.92 Å². The lowest BCUT2D eigenvalue weighted by molar-refractivity contribution is 0.0915. The molecule has 0 spiro atoms. The third kappa shape index (κ3) is 3.36. The smallest absolute Gasteiger partial charge is 0.261 e. The van der Waals surface area contributed by atoms with Gasteiger partial charge < -0.3 is 5.32 Å². The van der Waals surface area contributed by atoms with Crippen LogP contribution in [0.1, 0.15) is 66.4 Å². The van der Waals surface area contributed by atoms with E-state index in [0.717, 1.165) is 44.2 Å². The average molecular weight is 390 g/mol. The number of nitrogens with zero attached hydrogens (tertiary/aromatic N) is 4. The quantitative estimate of drug-likeness (QED) is 0.835. The summed E-state index contributed by atoms with van der Waals surface area (Å²) in [5.41, 5.74) is 0.211. The summed E-state index contributed by atoms with van der Waals surface area (Å²) in [5.74, 6) is 0.207.